The van der Waals surface area contributed by atoms with E-state index in [0.29, 0.717) is 12.0 Å². The molecule has 3 rings (SSSR count). The Labute approximate surface area is 110 Å². The maximum Gasteiger partial charge on any atom is 0.122 e. The molecule has 2 unspecified atom stereocenters. The quantitative estimate of drug-likeness (QED) is 0.859. The van der Waals surface area contributed by atoms with Crippen LogP contribution in [0, 0.1) is 5.92 Å². The highest BCUT2D eigenvalue weighted by Crippen LogP contribution is 2.39. The molecular formula is C16H23NO. The second-order valence-electron chi connectivity index (χ2n) is 5.77. The van der Waals surface area contributed by atoms with Crippen molar-refractivity contribution >= 4 is 0 Å². The Morgan fingerprint density at radius 3 is 2.83 bits per heavy atom. The van der Waals surface area contributed by atoms with Gasteiger partial charge >= 0.3 is 0 Å². The van der Waals surface area contributed by atoms with E-state index in [4.69, 9.17) is 4.74 Å². The molecule has 0 spiro atoms. The van der Waals surface area contributed by atoms with Crippen LogP contribution >= 0.6 is 0 Å². The Bertz CT molecular complexity index is 400. The summed E-state index contributed by atoms with van der Waals surface area (Å²) in [5.74, 6) is 2.78. The Morgan fingerprint density at radius 2 is 2.06 bits per heavy atom. The van der Waals surface area contributed by atoms with E-state index in [1.165, 1.54) is 37.7 Å². The molecule has 1 aliphatic heterocycles. The Balaban J connectivity index is 1.68. The van der Waals surface area contributed by atoms with E-state index in [1.807, 2.05) is 0 Å². The van der Waals surface area contributed by atoms with Gasteiger partial charge < -0.3 is 10.1 Å². The molecule has 1 aliphatic carbocycles. The van der Waals surface area contributed by atoms with Gasteiger partial charge in [-0.2, -0.15) is 0 Å². The van der Waals surface area contributed by atoms with Crippen LogP contribution in [0.3, 0.4) is 0 Å². The first kappa shape index (κ1) is 12.0. The Kier molecular flexibility index (Phi) is 3.55. The third kappa shape index (κ3) is 2.69. The van der Waals surface area contributed by atoms with Gasteiger partial charge in [0.15, 0.2) is 0 Å². The van der Waals surface area contributed by atoms with Gasteiger partial charge in [-0.1, -0.05) is 31.0 Å². The summed E-state index contributed by atoms with van der Waals surface area (Å²) >= 11 is 0. The second-order valence-corrected chi connectivity index (χ2v) is 5.77. The van der Waals surface area contributed by atoms with Crippen LogP contribution in [0.4, 0.5) is 0 Å². The molecule has 2 atom stereocenters. The van der Waals surface area contributed by atoms with Crippen molar-refractivity contribution in [3.63, 3.8) is 0 Å². The number of hydrogen-bond acceptors (Lipinski definition) is 2. The van der Waals surface area contributed by atoms with Gasteiger partial charge in [0.05, 0.1) is 6.61 Å². The first-order valence-corrected chi connectivity index (χ1v) is 7.26. The third-order valence-electron chi connectivity index (χ3n) is 4.37. The molecule has 1 aromatic rings. The maximum atomic E-state index is 5.74. The van der Waals surface area contributed by atoms with Gasteiger partial charge in [0, 0.05) is 6.04 Å². The van der Waals surface area contributed by atoms with Gasteiger partial charge in [-0.15, -0.1) is 0 Å². The fourth-order valence-corrected chi connectivity index (χ4v) is 3.09. The lowest BCUT2D eigenvalue weighted by atomic mass is 9.86. The average Bonchev–Trinajstić information content (AvgIpc) is 3.22. The van der Waals surface area contributed by atoms with Crippen LogP contribution in [0.2, 0.25) is 0 Å². The lowest BCUT2D eigenvalue weighted by molar-refractivity contribution is 0.253. The van der Waals surface area contributed by atoms with E-state index in [0.717, 1.165) is 18.3 Å². The van der Waals surface area contributed by atoms with Crippen LogP contribution < -0.4 is 10.1 Å². The molecule has 98 valence electrons. The van der Waals surface area contributed by atoms with Gasteiger partial charge in [-0.25, -0.2) is 0 Å². The largest absolute Gasteiger partial charge is 0.493 e. The van der Waals surface area contributed by atoms with Crippen LogP contribution in [0.1, 0.15) is 43.6 Å². The minimum atomic E-state index is 0.672. The van der Waals surface area contributed by atoms with E-state index in [-0.39, 0.29) is 0 Å². The lowest BCUT2D eigenvalue weighted by Gasteiger charge is -2.29. The lowest BCUT2D eigenvalue weighted by Crippen LogP contribution is -2.29. The summed E-state index contributed by atoms with van der Waals surface area (Å²) < 4.78 is 5.74. The first-order valence-electron chi connectivity index (χ1n) is 7.26. The maximum absolute atomic E-state index is 5.74. The molecule has 2 heteroatoms. The fraction of sp³-hybridized carbons (Fsp3) is 0.625. The monoisotopic (exact) mass is 245 g/mol. The number of hydrogen-bond donors (Lipinski definition) is 1. The number of benzene rings is 1. The second kappa shape index (κ2) is 5.31. The zero-order chi connectivity index (χ0) is 12.4. The van der Waals surface area contributed by atoms with Crippen LogP contribution in [-0.2, 0) is 0 Å². The molecule has 0 aromatic heterocycles. The van der Waals surface area contributed by atoms with Gasteiger partial charge in [0.25, 0.3) is 0 Å². The molecule has 1 N–H and O–H groups in total. The molecule has 18 heavy (non-hydrogen) atoms. The summed E-state index contributed by atoms with van der Waals surface area (Å²) in [6.07, 6.45) is 6.67. The summed E-state index contributed by atoms with van der Waals surface area (Å²) in [4.78, 5) is 0. The highest BCUT2D eigenvalue weighted by Gasteiger charge is 2.28. The number of para-hydroxylation sites is 1. The zero-order valence-electron chi connectivity index (χ0n) is 11.2. The fourth-order valence-electron chi connectivity index (χ4n) is 3.09. The minimum Gasteiger partial charge on any atom is -0.493 e. The van der Waals surface area contributed by atoms with Crippen molar-refractivity contribution in [1.82, 2.24) is 5.32 Å². The molecule has 0 radical (unpaired) electrons. The van der Waals surface area contributed by atoms with Gasteiger partial charge in [0.2, 0.25) is 0 Å². The highest BCUT2D eigenvalue weighted by atomic mass is 16.5. The minimum absolute atomic E-state index is 0.672. The number of rotatable bonds is 5. The van der Waals surface area contributed by atoms with Crippen molar-refractivity contribution in [3.05, 3.63) is 29.8 Å². The Morgan fingerprint density at radius 1 is 1.22 bits per heavy atom. The van der Waals surface area contributed by atoms with E-state index in [2.05, 4.69) is 36.6 Å². The van der Waals surface area contributed by atoms with Crippen molar-refractivity contribution in [1.29, 1.82) is 0 Å². The van der Waals surface area contributed by atoms with Gasteiger partial charge in [-0.05, 0) is 49.8 Å². The SMILES string of the molecule is CNC(CC1CC1)CC1CCOc2ccccc21. The molecule has 1 heterocycles. The van der Waals surface area contributed by atoms with Crippen molar-refractivity contribution in [3.8, 4) is 5.75 Å². The van der Waals surface area contributed by atoms with Crippen LogP contribution in [-0.4, -0.2) is 19.7 Å². The predicted molar refractivity (Wildman–Crippen MR) is 74.1 cm³/mol. The molecule has 1 aromatic carbocycles. The summed E-state index contributed by atoms with van der Waals surface area (Å²) in [5, 5.41) is 3.51. The molecule has 2 aliphatic rings. The summed E-state index contributed by atoms with van der Waals surface area (Å²) in [5.41, 5.74) is 1.42. The first-order chi connectivity index (χ1) is 8.86. The third-order valence-corrected chi connectivity index (χ3v) is 4.37. The van der Waals surface area contributed by atoms with Gasteiger partial charge in [-0.3, -0.25) is 0 Å². The average molecular weight is 245 g/mol. The van der Waals surface area contributed by atoms with E-state index in [1.54, 1.807) is 0 Å². The molecule has 2 nitrogen and oxygen atoms in total. The Hall–Kier alpha value is -1.02. The molecular weight excluding hydrogens is 222 g/mol. The summed E-state index contributed by atoms with van der Waals surface area (Å²) in [6.45, 7) is 0.877. The van der Waals surface area contributed by atoms with Crippen LogP contribution in [0.25, 0.3) is 0 Å². The zero-order valence-corrected chi connectivity index (χ0v) is 11.2. The number of ether oxygens (including phenoxy) is 1. The van der Waals surface area contributed by atoms with E-state index < -0.39 is 0 Å². The van der Waals surface area contributed by atoms with Crippen molar-refractivity contribution in [2.75, 3.05) is 13.7 Å². The summed E-state index contributed by atoms with van der Waals surface area (Å²) in [6, 6.07) is 9.23. The molecule has 0 saturated heterocycles. The van der Waals surface area contributed by atoms with Crippen LogP contribution in [0.5, 0.6) is 5.75 Å². The molecule has 0 amide bonds. The number of nitrogens with one attached hydrogen (secondary N) is 1. The molecule has 1 saturated carbocycles. The molecule has 1 fully saturated rings. The number of fused-ring (bicyclic) bond motifs is 1. The smallest absolute Gasteiger partial charge is 0.122 e. The standard InChI is InChI=1S/C16H23NO/c1-17-14(10-12-6-7-12)11-13-8-9-18-16-5-3-2-4-15(13)16/h2-5,12-14,17H,6-11H2,1H3. The topological polar surface area (TPSA) is 21.3 Å². The highest BCUT2D eigenvalue weighted by molar-refractivity contribution is 5.37. The van der Waals surface area contributed by atoms with Crippen LogP contribution in [0.15, 0.2) is 24.3 Å². The summed E-state index contributed by atoms with van der Waals surface area (Å²) in [7, 11) is 2.11. The van der Waals surface area contributed by atoms with E-state index in [9.17, 15) is 0 Å². The van der Waals surface area contributed by atoms with E-state index >= 15 is 0 Å². The normalized spacial score (nSPS) is 24.2. The molecule has 0 bridgehead atoms. The van der Waals surface area contributed by atoms with Crippen molar-refractivity contribution in [2.24, 2.45) is 5.92 Å². The van der Waals surface area contributed by atoms with Crippen molar-refractivity contribution in [2.45, 2.75) is 44.1 Å². The van der Waals surface area contributed by atoms with Crippen molar-refractivity contribution < 1.29 is 4.74 Å². The van der Waals surface area contributed by atoms with Gasteiger partial charge in [0.1, 0.15) is 5.75 Å². The predicted octanol–water partition coefficient (Wildman–Crippen LogP) is 3.33.